The largest absolute Gasteiger partial charge is 0.455 e. The molecule has 0 bridgehead atoms. The van der Waals surface area contributed by atoms with Crippen LogP contribution in [0.25, 0.3) is 10.8 Å². The molecule has 0 radical (unpaired) electrons. The van der Waals surface area contributed by atoms with Crippen molar-refractivity contribution in [3.8, 4) is 11.5 Å². The molecule has 0 spiro atoms. The van der Waals surface area contributed by atoms with Gasteiger partial charge in [0.15, 0.2) is 5.75 Å². The van der Waals surface area contributed by atoms with Gasteiger partial charge in [0.25, 0.3) is 0 Å². The summed E-state index contributed by atoms with van der Waals surface area (Å²) in [5.41, 5.74) is -0.624. The molecule has 3 aromatic rings. The zero-order chi connectivity index (χ0) is 25.2. The molecule has 1 unspecified atom stereocenters. The molecule has 1 aliphatic heterocycles. The van der Waals surface area contributed by atoms with Crippen LogP contribution in [-0.4, -0.2) is 60.0 Å². The van der Waals surface area contributed by atoms with Crippen LogP contribution in [0, 0.1) is 0 Å². The van der Waals surface area contributed by atoms with Crippen molar-refractivity contribution in [3.05, 3.63) is 60.9 Å². The lowest BCUT2D eigenvalue weighted by molar-refractivity contribution is 0.0188. The number of carbonyl (C=O) groups is 1. The Hall–Kier alpha value is -3.17. The van der Waals surface area contributed by atoms with Crippen LogP contribution >= 0.6 is 0 Å². The molecule has 0 saturated carbocycles. The van der Waals surface area contributed by atoms with E-state index in [1.54, 1.807) is 35.4 Å². The summed E-state index contributed by atoms with van der Waals surface area (Å²) in [5.74, 6) is 0.956. The number of amides is 1. The van der Waals surface area contributed by atoms with E-state index in [2.05, 4.69) is 4.98 Å². The van der Waals surface area contributed by atoms with E-state index >= 15 is 0 Å². The first kappa shape index (κ1) is 24.9. The highest BCUT2D eigenvalue weighted by atomic mass is 32.2. The smallest absolute Gasteiger partial charge is 0.410 e. The summed E-state index contributed by atoms with van der Waals surface area (Å²) in [4.78, 5) is 18.7. The van der Waals surface area contributed by atoms with Crippen molar-refractivity contribution in [2.75, 3.05) is 19.6 Å². The molecule has 9 heteroatoms. The van der Waals surface area contributed by atoms with Crippen LogP contribution in [0.1, 0.15) is 34.1 Å². The average Bonchev–Trinajstić information content (AvgIpc) is 3.00. The summed E-state index contributed by atoms with van der Waals surface area (Å²) in [6.45, 7) is 8.06. The van der Waals surface area contributed by atoms with E-state index in [1.165, 1.54) is 10.5 Å². The fourth-order valence-electron chi connectivity index (χ4n) is 4.09. The molecule has 1 fully saturated rings. The predicted molar refractivity (Wildman–Crippen MR) is 134 cm³/mol. The summed E-state index contributed by atoms with van der Waals surface area (Å²) >= 11 is 0. The minimum Gasteiger partial charge on any atom is -0.455 e. The van der Waals surface area contributed by atoms with Crippen molar-refractivity contribution in [2.45, 2.75) is 50.7 Å². The highest BCUT2D eigenvalue weighted by Gasteiger charge is 2.34. The zero-order valence-corrected chi connectivity index (χ0v) is 21.3. The molecule has 0 aliphatic carbocycles. The second-order valence-corrected chi connectivity index (χ2v) is 11.5. The van der Waals surface area contributed by atoms with Gasteiger partial charge in [-0.15, -0.1) is 0 Å². The van der Waals surface area contributed by atoms with Gasteiger partial charge in [-0.3, -0.25) is 4.98 Å². The van der Waals surface area contributed by atoms with Gasteiger partial charge in [0.2, 0.25) is 10.0 Å². The van der Waals surface area contributed by atoms with Gasteiger partial charge < -0.3 is 14.4 Å². The molecule has 2 heterocycles. The first-order valence-corrected chi connectivity index (χ1v) is 13.1. The van der Waals surface area contributed by atoms with Gasteiger partial charge in [-0.1, -0.05) is 30.3 Å². The van der Waals surface area contributed by atoms with Crippen molar-refractivity contribution in [1.29, 1.82) is 0 Å². The Labute approximate surface area is 206 Å². The van der Waals surface area contributed by atoms with E-state index < -0.39 is 21.7 Å². The Morgan fingerprint density at radius 1 is 1.00 bits per heavy atom. The SMILES string of the molecule is CC1CCN(S(=O)(=O)c2cccc3cncc(Oc4ccccc4)c23)CCN1C(=O)OC(C)(C)C. The standard InChI is InChI=1S/C26H31N3O5S/c1-19-13-14-28(15-16-29(19)25(30)34-26(2,3)4)35(31,32)23-12-8-9-20-17-27-18-22(24(20)23)33-21-10-6-5-7-11-21/h5-12,17-19H,13-16H2,1-4H3. The third-order valence-electron chi connectivity index (χ3n) is 5.85. The van der Waals surface area contributed by atoms with Gasteiger partial charge in [-0.25, -0.2) is 13.2 Å². The molecule has 35 heavy (non-hydrogen) atoms. The summed E-state index contributed by atoms with van der Waals surface area (Å²) in [6, 6.07) is 14.1. The highest BCUT2D eigenvalue weighted by Crippen LogP contribution is 2.35. The maximum atomic E-state index is 13.9. The number of hydrogen-bond acceptors (Lipinski definition) is 6. The summed E-state index contributed by atoms with van der Waals surface area (Å²) in [5, 5.41) is 1.14. The molecular formula is C26H31N3O5S. The summed E-state index contributed by atoms with van der Waals surface area (Å²) in [7, 11) is -3.89. The van der Waals surface area contributed by atoms with Crippen LogP contribution in [-0.2, 0) is 14.8 Å². The van der Waals surface area contributed by atoms with Crippen molar-refractivity contribution in [2.24, 2.45) is 0 Å². The molecule has 2 aromatic carbocycles. The fourth-order valence-corrected chi connectivity index (χ4v) is 5.76. The monoisotopic (exact) mass is 497 g/mol. The Bertz CT molecular complexity index is 1300. The second kappa shape index (κ2) is 9.83. The Morgan fingerprint density at radius 2 is 1.74 bits per heavy atom. The zero-order valence-electron chi connectivity index (χ0n) is 20.5. The van der Waals surface area contributed by atoms with E-state index in [9.17, 15) is 13.2 Å². The minimum atomic E-state index is -3.89. The molecular weight excluding hydrogens is 466 g/mol. The molecule has 1 amide bonds. The Balaban J connectivity index is 1.66. The number of aromatic nitrogens is 1. The van der Waals surface area contributed by atoms with Crippen molar-refractivity contribution in [1.82, 2.24) is 14.2 Å². The number of rotatable bonds is 4. The van der Waals surface area contributed by atoms with Crippen molar-refractivity contribution in [3.63, 3.8) is 0 Å². The van der Waals surface area contributed by atoms with E-state index in [-0.39, 0.29) is 24.0 Å². The Morgan fingerprint density at radius 3 is 2.46 bits per heavy atom. The number of carbonyl (C=O) groups excluding carboxylic acids is 1. The minimum absolute atomic E-state index is 0.154. The number of hydrogen-bond donors (Lipinski definition) is 0. The van der Waals surface area contributed by atoms with Crippen molar-refractivity contribution < 1.29 is 22.7 Å². The second-order valence-electron chi connectivity index (χ2n) is 9.62. The van der Waals surface area contributed by atoms with Crippen LogP contribution in [0.3, 0.4) is 0 Å². The number of nitrogens with zero attached hydrogens (tertiary/aromatic N) is 3. The quantitative estimate of drug-likeness (QED) is 0.501. The fraction of sp³-hybridized carbons (Fsp3) is 0.385. The molecule has 1 saturated heterocycles. The first-order chi connectivity index (χ1) is 16.6. The number of para-hydroxylation sites is 1. The number of ether oxygens (including phenoxy) is 2. The van der Waals surface area contributed by atoms with Crippen LogP contribution in [0.5, 0.6) is 11.5 Å². The molecule has 186 valence electrons. The van der Waals surface area contributed by atoms with Crippen LogP contribution in [0.4, 0.5) is 4.79 Å². The number of fused-ring (bicyclic) bond motifs is 1. The molecule has 4 rings (SSSR count). The summed E-state index contributed by atoms with van der Waals surface area (Å²) < 4.78 is 40.8. The van der Waals surface area contributed by atoms with Gasteiger partial charge in [0.05, 0.1) is 11.1 Å². The maximum Gasteiger partial charge on any atom is 0.410 e. The van der Waals surface area contributed by atoms with E-state index in [4.69, 9.17) is 9.47 Å². The van der Waals surface area contributed by atoms with E-state index in [1.807, 2.05) is 52.0 Å². The van der Waals surface area contributed by atoms with Gasteiger partial charge >= 0.3 is 6.09 Å². The van der Waals surface area contributed by atoms with Gasteiger partial charge in [0.1, 0.15) is 11.4 Å². The van der Waals surface area contributed by atoms with Crippen LogP contribution < -0.4 is 4.74 Å². The third kappa shape index (κ3) is 5.57. The molecule has 1 aliphatic rings. The topological polar surface area (TPSA) is 89.0 Å². The third-order valence-corrected chi connectivity index (χ3v) is 7.79. The number of benzene rings is 2. The normalized spacial score (nSPS) is 17.7. The number of pyridine rings is 1. The molecule has 1 aromatic heterocycles. The lowest BCUT2D eigenvalue weighted by Gasteiger charge is -2.30. The molecule has 1 atom stereocenters. The van der Waals surface area contributed by atoms with Gasteiger partial charge in [-0.2, -0.15) is 4.31 Å². The summed E-state index contributed by atoms with van der Waals surface area (Å²) in [6.07, 6.45) is 3.22. The van der Waals surface area contributed by atoms with E-state index in [0.717, 1.165) is 0 Å². The Kier molecular flexibility index (Phi) is 7.00. The molecule has 0 N–H and O–H groups in total. The average molecular weight is 498 g/mol. The first-order valence-electron chi connectivity index (χ1n) is 11.7. The maximum absolute atomic E-state index is 13.9. The molecule has 8 nitrogen and oxygen atoms in total. The lowest BCUT2D eigenvalue weighted by atomic mass is 10.1. The lowest BCUT2D eigenvalue weighted by Crippen LogP contribution is -2.43. The van der Waals surface area contributed by atoms with E-state index in [0.29, 0.717) is 35.2 Å². The van der Waals surface area contributed by atoms with Gasteiger partial charge in [-0.05, 0) is 52.3 Å². The van der Waals surface area contributed by atoms with Crippen LogP contribution in [0.2, 0.25) is 0 Å². The van der Waals surface area contributed by atoms with Crippen molar-refractivity contribution >= 4 is 26.9 Å². The van der Waals surface area contributed by atoms with Crippen LogP contribution in [0.15, 0.2) is 65.8 Å². The highest BCUT2D eigenvalue weighted by molar-refractivity contribution is 7.89. The predicted octanol–water partition coefficient (Wildman–Crippen LogP) is 5.05. The number of sulfonamides is 1. The van der Waals surface area contributed by atoms with Gasteiger partial charge in [0, 0.05) is 42.6 Å².